The standard InChI is InChI=1S/C16H21N3O/c1-12-11-13(2)19(17-12)15-8-5-14(6-9-15)7-10-16(20)18(3)4/h5-6,8-9,11H,7,10H2,1-4H3. The summed E-state index contributed by atoms with van der Waals surface area (Å²) in [5.41, 5.74) is 4.37. The lowest BCUT2D eigenvalue weighted by atomic mass is 10.1. The number of hydrogen-bond donors (Lipinski definition) is 0. The van der Waals surface area contributed by atoms with Crippen molar-refractivity contribution >= 4 is 5.91 Å². The number of rotatable bonds is 4. The van der Waals surface area contributed by atoms with Gasteiger partial charge in [-0.25, -0.2) is 4.68 Å². The predicted octanol–water partition coefficient (Wildman–Crippen LogP) is 2.51. The van der Waals surface area contributed by atoms with Crippen LogP contribution in [0.4, 0.5) is 0 Å². The Balaban J connectivity index is 2.07. The van der Waals surface area contributed by atoms with Crippen molar-refractivity contribution in [2.75, 3.05) is 14.1 Å². The largest absolute Gasteiger partial charge is 0.349 e. The van der Waals surface area contributed by atoms with Crippen LogP contribution in [-0.4, -0.2) is 34.7 Å². The molecule has 0 radical (unpaired) electrons. The average molecular weight is 271 g/mol. The van der Waals surface area contributed by atoms with Crippen LogP contribution in [0.15, 0.2) is 30.3 Å². The highest BCUT2D eigenvalue weighted by atomic mass is 16.2. The first-order valence-corrected chi connectivity index (χ1v) is 6.80. The van der Waals surface area contributed by atoms with Crippen LogP contribution in [0.3, 0.4) is 0 Å². The molecule has 0 unspecified atom stereocenters. The number of aryl methyl sites for hydroxylation is 3. The smallest absolute Gasteiger partial charge is 0.222 e. The maximum atomic E-state index is 11.6. The first-order chi connectivity index (χ1) is 9.47. The summed E-state index contributed by atoms with van der Waals surface area (Å²) < 4.78 is 1.93. The van der Waals surface area contributed by atoms with E-state index in [1.54, 1.807) is 19.0 Å². The molecular formula is C16H21N3O. The molecule has 0 atom stereocenters. The Labute approximate surface area is 120 Å². The van der Waals surface area contributed by atoms with Crippen molar-refractivity contribution in [3.63, 3.8) is 0 Å². The third-order valence-electron chi connectivity index (χ3n) is 3.32. The van der Waals surface area contributed by atoms with Crippen LogP contribution in [0.1, 0.15) is 23.4 Å². The van der Waals surface area contributed by atoms with E-state index < -0.39 is 0 Å². The molecule has 0 N–H and O–H groups in total. The highest BCUT2D eigenvalue weighted by Crippen LogP contribution is 2.14. The Kier molecular flexibility index (Phi) is 4.23. The van der Waals surface area contributed by atoms with Gasteiger partial charge in [-0.15, -0.1) is 0 Å². The topological polar surface area (TPSA) is 38.1 Å². The van der Waals surface area contributed by atoms with Crippen molar-refractivity contribution in [1.29, 1.82) is 0 Å². The minimum atomic E-state index is 0.160. The molecule has 20 heavy (non-hydrogen) atoms. The van der Waals surface area contributed by atoms with E-state index in [-0.39, 0.29) is 5.91 Å². The van der Waals surface area contributed by atoms with Crippen molar-refractivity contribution < 1.29 is 4.79 Å². The van der Waals surface area contributed by atoms with Crippen LogP contribution in [0.25, 0.3) is 5.69 Å². The van der Waals surface area contributed by atoms with E-state index in [2.05, 4.69) is 35.4 Å². The third kappa shape index (κ3) is 3.26. The van der Waals surface area contributed by atoms with Crippen molar-refractivity contribution in [3.8, 4) is 5.69 Å². The number of benzene rings is 1. The Morgan fingerprint density at radius 2 is 1.85 bits per heavy atom. The fraction of sp³-hybridized carbons (Fsp3) is 0.375. The van der Waals surface area contributed by atoms with Crippen LogP contribution in [0.5, 0.6) is 0 Å². The van der Waals surface area contributed by atoms with Crippen LogP contribution in [-0.2, 0) is 11.2 Å². The Morgan fingerprint density at radius 3 is 2.35 bits per heavy atom. The third-order valence-corrected chi connectivity index (χ3v) is 3.32. The number of carbonyl (C=O) groups excluding carboxylic acids is 1. The quantitative estimate of drug-likeness (QED) is 0.857. The maximum absolute atomic E-state index is 11.6. The van der Waals surface area contributed by atoms with Crippen molar-refractivity contribution in [2.24, 2.45) is 0 Å². The molecule has 2 rings (SSSR count). The first kappa shape index (κ1) is 14.3. The highest BCUT2D eigenvalue weighted by molar-refractivity contribution is 5.75. The van der Waals surface area contributed by atoms with E-state index in [1.807, 2.05) is 18.5 Å². The summed E-state index contributed by atoms with van der Waals surface area (Å²) in [7, 11) is 3.57. The molecular weight excluding hydrogens is 250 g/mol. The zero-order chi connectivity index (χ0) is 14.7. The number of carbonyl (C=O) groups is 1. The van der Waals surface area contributed by atoms with Gasteiger partial charge in [0.1, 0.15) is 0 Å². The molecule has 4 heteroatoms. The minimum Gasteiger partial charge on any atom is -0.349 e. The van der Waals surface area contributed by atoms with Crippen molar-refractivity contribution in [1.82, 2.24) is 14.7 Å². The lowest BCUT2D eigenvalue weighted by Crippen LogP contribution is -2.21. The molecule has 1 aromatic heterocycles. The second-order valence-electron chi connectivity index (χ2n) is 5.29. The molecule has 106 valence electrons. The fourth-order valence-electron chi connectivity index (χ4n) is 2.17. The first-order valence-electron chi connectivity index (χ1n) is 6.80. The van der Waals surface area contributed by atoms with Crippen molar-refractivity contribution in [3.05, 3.63) is 47.3 Å². The summed E-state index contributed by atoms with van der Waals surface area (Å²) in [6.45, 7) is 4.04. The Morgan fingerprint density at radius 1 is 1.20 bits per heavy atom. The zero-order valence-corrected chi connectivity index (χ0v) is 12.6. The number of aromatic nitrogens is 2. The zero-order valence-electron chi connectivity index (χ0n) is 12.6. The van der Waals surface area contributed by atoms with Gasteiger partial charge in [0.15, 0.2) is 0 Å². The summed E-state index contributed by atoms with van der Waals surface area (Å²) in [6, 6.07) is 10.3. The van der Waals surface area contributed by atoms with Crippen LogP contribution in [0, 0.1) is 13.8 Å². The number of amides is 1. The predicted molar refractivity (Wildman–Crippen MR) is 80.1 cm³/mol. The number of hydrogen-bond acceptors (Lipinski definition) is 2. The van der Waals surface area contributed by atoms with E-state index in [4.69, 9.17) is 0 Å². The van der Waals surface area contributed by atoms with Gasteiger partial charge >= 0.3 is 0 Å². The van der Waals surface area contributed by atoms with Gasteiger partial charge in [-0.2, -0.15) is 5.10 Å². The molecule has 1 aromatic carbocycles. The summed E-state index contributed by atoms with van der Waals surface area (Å²) in [6.07, 6.45) is 1.32. The lowest BCUT2D eigenvalue weighted by Gasteiger charge is -2.10. The molecule has 1 heterocycles. The molecule has 0 saturated heterocycles. The summed E-state index contributed by atoms with van der Waals surface area (Å²) in [5.74, 6) is 0.160. The van der Waals surface area contributed by atoms with Crippen LogP contribution < -0.4 is 0 Å². The summed E-state index contributed by atoms with van der Waals surface area (Å²) in [5, 5.41) is 4.46. The van der Waals surface area contributed by atoms with E-state index >= 15 is 0 Å². The van der Waals surface area contributed by atoms with Crippen molar-refractivity contribution in [2.45, 2.75) is 26.7 Å². The van der Waals surface area contributed by atoms with Gasteiger partial charge < -0.3 is 4.90 Å². The van der Waals surface area contributed by atoms with E-state index in [1.165, 1.54) is 5.56 Å². The molecule has 0 spiro atoms. The van der Waals surface area contributed by atoms with Gasteiger partial charge in [-0.3, -0.25) is 4.79 Å². The van der Waals surface area contributed by atoms with Crippen LogP contribution >= 0.6 is 0 Å². The minimum absolute atomic E-state index is 0.160. The Bertz CT molecular complexity index is 597. The van der Waals surface area contributed by atoms with Gasteiger partial charge in [0.05, 0.1) is 11.4 Å². The molecule has 0 saturated carbocycles. The molecule has 1 amide bonds. The molecule has 0 bridgehead atoms. The lowest BCUT2D eigenvalue weighted by molar-refractivity contribution is -0.128. The van der Waals surface area contributed by atoms with Gasteiger partial charge in [0.2, 0.25) is 5.91 Å². The summed E-state index contributed by atoms with van der Waals surface area (Å²) >= 11 is 0. The fourth-order valence-corrected chi connectivity index (χ4v) is 2.17. The maximum Gasteiger partial charge on any atom is 0.222 e. The summed E-state index contributed by atoms with van der Waals surface area (Å²) in [4.78, 5) is 13.2. The van der Waals surface area contributed by atoms with Gasteiger partial charge in [0, 0.05) is 26.2 Å². The monoisotopic (exact) mass is 271 g/mol. The molecule has 0 aliphatic rings. The van der Waals surface area contributed by atoms with Gasteiger partial charge in [0.25, 0.3) is 0 Å². The van der Waals surface area contributed by atoms with Gasteiger partial charge in [-0.1, -0.05) is 12.1 Å². The van der Waals surface area contributed by atoms with Crippen LogP contribution in [0.2, 0.25) is 0 Å². The molecule has 0 aliphatic heterocycles. The van der Waals surface area contributed by atoms with E-state index in [0.29, 0.717) is 6.42 Å². The molecule has 0 fully saturated rings. The number of nitrogens with zero attached hydrogens (tertiary/aromatic N) is 3. The molecule has 0 aliphatic carbocycles. The molecule has 4 nitrogen and oxygen atoms in total. The van der Waals surface area contributed by atoms with Gasteiger partial charge in [-0.05, 0) is 44.0 Å². The second-order valence-corrected chi connectivity index (χ2v) is 5.29. The normalized spacial score (nSPS) is 10.6. The SMILES string of the molecule is Cc1cc(C)n(-c2ccc(CCC(=O)N(C)C)cc2)n1. The average Bonchev–Trinajstić information content (AvgIpc) is 2.75. The van der Waals surface area contributed by atoms with E-state index in [9.17, 15) is 4.79 Å². The second kappa shape index (κ2) is 5.90. The van der Waals surface area contributed by atoms with E-state index in [0.717, 1.165) is 23.5 Å². The highest BCUT2D eigenvalue weighted by Gasteiger charge is 2.06. The molecule has 2 aromatic rings. The Hall–Kier alpha value is -2.10.